The molecule has 0 spiro atoms. The molecule has 2 unspecified atom stereocenters. The number of aromatic amines is 1. The number of amides is 1. The number of nitrogens with zero attached hydrogens (tertiary/aromatic N) is 1. The number of anilines is 2. The molecule has 2 rings (SSSR count). The zero-order valence-electron chi connectivity index (χ0n) is 15.7. The molecule has 1 amide bonds. The number of aliphatic hydroxyl groups is 1. The molecular formula is C11H19N4O14P3. The summed E-state index contributed by atoms with van der Waals surface area (Å²) in [5, 5.41) is 12.2. The summed E-state index contributed by atoms with van der Waals surface area (Å²) in [6.45, 7) is -0.855. The molecule has 1 aromatic heterocycles. The standard InChI is InChI=1S/C11H19N4O14P3/c12-11-14-6(9(13-4-16)10(18)15-11)1-5-2-7(17)8(27-5)3-26-31(22,23)29-32(24,25)28-30(19,20)21/h4-5,7-8,17H,1-3H2,(H,13,16)(H,22,23)(H,24,25)(H2,19,20,21)(H3,12,14,15,18)/t5-,7-,8+/m0/s1. The van der Waals surface area contributed by atoms with Crippen LogP contribution >= 0.6 is 23.5 Å². The molecule has 1 aliphatic rings. The molecule has 0 saturated carbocycles. The SMILES string of the molecule is Nc1nc(C[C@H]2C[C@H](O)[C@@H](COP(=O)(O)OP(=O)(O)OP(=O)(O)O)O2)c(NC=O)c(=O)[nH]1. The Morgan fingerprint density at radius 1 is 1.22 bits per heavy atom. The zero-order valence-corrected chi connectivity index (χ0v) is 18.4. The van der Waals surface area contributed by atoms with Gasteiger partial charge in [0.25, 0.3) is 5.56 Å². The molecule has 1 aliphatic heterocycles. The van der Waals surface area contributed by atoms with Gasteiger partial charge in [0.15, 0.2) is 0 Å². The van der Waals surface area contributed by atoms with Crippen molar-refractivity contribution >= 4 is 41.5 Å². The highest BCUT2D eigenvalue weighted by atomic mass is 31.3. The summed E-state index contributed by atoms with van der Waals surface area (Å²) in [4.78, 5) is 64.2. The lowest BCUT2D eigenvalue weighted by Gasteiger charge is -2.19. The van der Waals surface area contributed by atoms with Crippen LogP contribution in [0.3, 0.4) is 0 Å². The first-order chi connectivity index (χ1) is 14.6. The van der Waals surface area contributed by atoms with E-state index in [9.17, 15) is 33.3 Å². The fourth-order valence-corrected chi connectivity index (χ4v) is 5.71. The first-order valence-corrected chi connectivity index (χ1v) is 12.8. The van der Waals surface area contributed by atoms with E-state index in [-0.39, 0.29) is 36.6 Å². The van der Waals surface area contributed by atoms with Crippen molar-refractivity contribution < 1.29 is 61.1 Å². The Morgan fingerprint density at radius 2 is 1.88 bits per heavy atom. The third-order valence-corrected chi connectivity index (χ3v) is 7.56. The van der Waals surface area contributed by atoms with E-state index in [1.54, 1.807) is 0 Å². The van der Waals surface area contributed by atoms with Gasteiger partial charge in [-0.2, -0.15) is 8.62 Å². The summed E-state index contributed by atoms with van der Waals surface area (Å²) in [6, 6.07) is 0. The van der Waals surface area contributed by atoms with Crippen molar-refractivity contribution in [2.75, 3.05) is 17.7 Å². The van der Waals surface area contributed by atoms with Crippen molar-refractivity contribution in [3.63, 3.8) is 0 Å². The van der Waals surface area contributed by atoms with E-state index in [2.05, 4.69) is 28.4 Å². The highest BCUT2D eigenvalue weighted by molar-refractivity contribution is 7.66. The topological polar surface area (TPSA) is 290 Å². The summed E-state index contributed by atoms with van der Waals surface area (Å²) in [7, 11) is -16.6. The fourth-order valence-electron chi connectivity index (χ4n) is 2.68. The number of aromatic nitrogens is 2. The predicted octanol–water partition coefficient (Wildman–Crippen LogP) is -1.68. The van der Waals surface area contributed by atoms with Crippen LogP contribution in [0, 0.1) is 0 Å². The van der Waals surface area contributed by atoms with Crippen LogP contribution in [0.2, 0.25) is 0 Å². The minimum Gasteiger partial charge on any atom is -0.390 e. The Bertz CT molecular complexity index is 1040. The maximum absolute atomic E-state index is 11.9. The number of phosphoric acid groups is 3. The summed E-state index contributed by atoms with van der Waals surface area (Å²) in [6.07, 6.45) is -3.30. The van der Waals surface area contributed by atoms with Gasteiger partial charge >= 0.3 is 23.5 Å². The summed E-state index contributed by atoms with van der Waals surface area (Å²) in [5.41, 5.74) is 4.56. The minimum absolute atomic E-state index is 0.0316. The predicted molar refractivity (Wildman–Crippen MR) is 102 cm³/mol. The lowest BCUT2D eigenvalue weighted by atomic mass is 10.1. The Kier molecular flexibility index (Phi) is 8.50. The van der Waals surface area contributed by atoms with Crippen molar-refractivity contribution in [2.45, 2.75) is 31.2 Å². The maximum Gasteiger partial charge on any atom is 0.490 e. The number of phosphoric ester groups is 1. The molecule has 0 aromatic carbocycles. The molecule has 2 heterocycles. The third-order valence-electron chi connectivity index (χ3n) is 3.76. The van der Waals surface area contributed by atoms with Gasteiger partial charge in [0.05, 0.1) is 24.5 Å². The fraction of sp³-hybridized carbons (Fsp3) is 0.545. The lowest BCUT2D eigenvalue weighted by Crippen LogP contribution is -2.26. The number of aliphatic hydroxyl groups excluding tert-OH is 1. The largest absolute Gasteiger partial charge is 0.490 e. The molecule has 18 nitrogen and oxygen atoms in total. The van der Waals surface area contributed by atoms with Gasteiger partial charge in [-0.05, 0) is 0 Å². The van der Waals surface area contributed by atoms with Gasteiger partial charge in [0.1, 0.15) is 11.8 Å². The highest BCUT2D eigenvalue weighted by Crippen LogP contribution is 2.66. The number of H-pyrrole nitrogens is 1. The molecule has 182 valence electrons. The smallest absolute Gasteiger partial charge is 0.390 e. The zero-order chi connectivity index (χ0) is 24.3. The molecule has 0 bridgehead atoms. The van der Waals surface area contributed by atoms with Gasteiger partial charge in [0, 0.05) is 12.8 Å². The molecular weight excluding hydrogens is 505 g/mol. The Hall–Kier alpha value is -1.52. The van der Waals surface area contributed by atoms with Crippen molar-refractivity contribution in [1.29, 1.82) is 0 Å². The molecule has 1 aromatic rings. The number of rotatable bonds is 11. The first kappa shape index (κ1) is 26.7. The minimum atomic E-state index is -5.68. The number of carbonyl (C=O) groups excluding carboxylic acids is 1. The van der Waals surface area contributed by atoms with Gasteiger partial charge in [0.2, 0.25) is 12.4 Å². The van der Waals surface area contributed by atoms with Gasteiger partial charge in [-0.25, -0.2) is 18.7 Å². The number of carbonyl (C=O) groups is 1. The molecule has 9 N–H and O–H groups in total. The summed E-state index contributed by atoms with van der Waals surface area (Å²) < 4.78 is 50.6. The summed E-state index contributed by atoms with van der Waals surface area (Å²) in [5.74, 6) is -0.246. The molecule has 5 atom stereocenters. The van der Waals surface area contributed by atoms with E-state index in [0.717, 1.165) is 0 Å². The molecule has 1 fully saturated rings. The Balaban J connectivity index is 2.00. The van der Waals surface area contributed by atoms with E-state index in [1.165, 1.54) is 0 Å². The number of nitrogens with two attached hydrogens (primary N) is 1. The van der Waals surface area contributed by atoms with Crippen LogP contribution in [0.5, 0.6) is 0 Å². The van der Waals surface area contributed by atoms with Gasteiger partial charge in [-0.15, -0.1) is 0 Å². The van der Waals surface area contributed by atoms with E-state index < -0.39 is 53.9 Å². The van der Waals surface area contributed by atoms with Gasteiger partial charge in [-0.1, -0.05) is 0 Å². The maximum atomic E-state index is 11.9. The average molecular weight is 524 g/mol. The second-order valence-corrected chi connectivity index (χ2v) is 10.6. The summed E-state index contributed by atoms with van der Waals surface area (Å²) >= 11 is 0. The van der Waals surface area contributed by atoms with E-state index in [1.807, 2.05) is 0 Å². The first-order valence-electron chi connectivity index (χ1n) is 8.31. The number of hydrogen-bond acceptors (Lipinski definition) is 12. The van der Waals surface area contributed by atoms with E-state index in [4.69, 9.17) is 25.2 Å². The Morgan fingerprint density at radius 3 is 2.47 bits per heavy atom. The molecule has 1 saturated heterocycles. The van der Waals surface area contributed by atoms with Gasteiger partial charge in [-0.3, -0.25) is 19.1 Å². The molecule has 0 radical (unpaired) electrons. The van der Waals surface area contributed by atoms with E-state index >= 15 is 0 Å². The average Bonchev–Trinajstić information content (AvgIpc) is 2.92. The monoisotopic (exact) mass is 524 g/mol. The number of hydrogen-bond donors (Lipinski definition) is 8. The second-order valence-electron chi connectivity index (χ2n) is 6.23. The van der Waals surface area contributed by atoms with E-state index in [0.29, 0.717) is 0 Å². The molecule has 0 aliphatic carbocycles. The molecule has 21 heteroatoms. The molecule has 32 heavy (non-hydrogen) atoms. The quantitative estimate of drug-likeness (QED) is 0.118. The lowest BCUT2D eigenvalue weighted by molar-refractivity contribution is -0.105. The number of ether oxygens (including phenoxy) is 1. The number of nitrogen functional groups attached to an aromatic ring is 1. The van der Waals surface area contributed by atoms with Crippen LogP contribution in [0.15, 0.2) is 4.79 Å². The van der Waals surface area contributed by atoms with Crippen LogP contribution in [0.25, 0.3) is 0 Å². The van der Waals surface area contributed by atoms with Crippen LogP contribution in [0.1, 0.15) is 12.1 Å². The Labute approximate surface area is 178 Å². The van der Waals surface area contributed by atoms with Crippen molar-refractivity contribution in [1.82, 2.24) is 9.97 Å². The van der Waals surface area contributed by atoms with Crippen molar-refractivity contribution in [3.05, 3.63) is 16.0 Å². The third kappa shape index (κ3) is 8.12. The van der Waals surface area contributed by atoms with Crippen LogP contribution in [-0.4, -0.2) is 66.0 Å². The van der Waals surface area contributed by atoms with Gasteiger partial charge < -0.3 is 40.5 Å². The number of nitrogens with one attached hydrogen (secondary N) is 2. The second kappa shape index (κ2) is 10.2. The van der Waals surface area contributed by atoms with Crippen molar-refractivity contribution in [3.8, 4) is 0 Å². The van der Waals surface area contributed by atoms with Crippen molar-refractivity contribution in [2.24, 2.45) is 0 Å². The normalized spacial score (nSPS) is 25.1. The van der Waals surface area contributed by atoms with Crippen LogP contribution in [-0.2, 0) is 42.8 Å². The van der Waals surface area contributed by atoms with Crippen LogP contribution < -0.4 is 16.6 Å². The van der Waals surface area contributed by atoms with Crippen LogP contribution in [0.4, 0.5) is 11.6 Å². The highest BCUT2D eigenvalue weighted by Gasteiger charge is 2.42.